The number of hydrogen-bond acceptors (Lipinski definition) is 3. The van der Waals surface area contributed by atoms with Gasteiger partial charge in [-0.25, -0.2) is 4.68 Å². The molecule has 1 N–H and O–H groups in total. The Hall–Kier alpha value is -1.32. The van der Waals surface area contributed by atoms with E-state index in [4.69, 9.17) is 5.11 Å². The molecule has 4 nitrogen and oxygen atoms in total. The van der Waals surface area contributed by atoms with E-state index >= 15 is 0 Å². The van der Waals surface area contributed by atoms with Crippen LogP contribution in [-0.2, 0) is 0 Å². The van der Waals surface area contributed by atoms with Crippen LogP contribution in [0.5, 0.6) is 5.75 Å². The van der Waals surface area contributed by atoms with Gasteiger partial charge >= 0.3 is 0 Å². The molecule has 0 aliphatic heterocycles. The van der Waals surface area contributed by atoms with Crippen molar-refractivity contribution in [2.75, 3.05) is 0 Å². The molecule has 1 rings (SSSR count). The van der Waals surface area contributed by atoms with E-state index in [1.54, 1.807) is 0 Å². The zero-order chi connectivity index (χ0) is 6.85. The maximum Gasteiger partial charge on any atom is 0.243 e. The third-order valence-electron chi connectivity index (χ3n) is 0.892. The third kappa shape index (κ3) is 1.07. The van der Waals surface area contributed by atoms with E-state index < -0.39 is 0 Å². The van der Waals surface area contributed by atoms with Crippen LogP contribution in [-0.4, -0.2) is 20.8 Å². The summed E-state index contributed by atoms with van der Waals surface area (Å²) in [6.45, 7) is 1.37. The first kappa shape index (κ1) is 5.81. The monoisotopic (exact) mass is 126 g/mol. The predicted octanol–water partition coefficient (Wildman–Crippen LogP) is 0.249. The molecular formula is C5H6N2O2. The zero-order valence-electron chi connectivity index (χ0n) is 4.90. The highest BCUT2D eigenvalue weighted by Gasteiger charge is 1.97. The highest BCUT2D eigenvalue weighted by Crippen LogP contribution is 2.02. The molecular weight excluding hydrogens is 120 g/mol. The van der Waals surface area contributed by atoms with Gasteiger partial charge < -0.3 is 5.11 Å². The number of carbonyl (C=O) groups is 1. The van der Waals surface area contributed by atoms with Gasteiger partial charge in [-0.05, 0) is 0 Å². The Morgan fingerprint density at radius 2 is 2.56 bits per heavy atom. The number of carbonyl (C=O) groups excluding carboxylic acids is 1. The van der Waals surface area contributed by atoms with Crippen molar-refractivity contribution in [1.29, 1.82) is 0 Å². The summed E-state index contributed by atoms with van der Waals surface area (Å²) in [5.74, 6) is -0.208. The van der Waals surface area contributed by atoms with E-state index in [1.807, 2.05) is 0 Å². The molecule has 0 unspecified atom stereocenters. The molecule has 4 heteroatoms. The van der Waals surface area contributed by atoms with Crippen molar-refractivity contribution < 1.29 is 9.90 Å². The van der Waals surface area contributed by atoms with Crippen LogP contribution in [0.4, 0.5) is 0 Å². The highest BCUT2D eigenvalue weighted by molar-refractivity contribution is 5.75. The Labute approximate surface area is 51.7 Å². The van der Waals surface area contributed by atoms with Gasteiger partial charge in [0.25, 0.3) is 0 Å². The molecule has 0 radical (unpaired) electrons. The van der Waals surface area contributed by atoms with Crippen LogP contribution in [0.2, 0.25) is 0 Å². The minimum atomic E-state index is -0.213. The number of hydrogen-bond donors (Lipinski definition) is 1. The summed E-state index contributed by atoms with van der Waals surface area (Å²) in [5.41, 5.74) is 0. The lowest BCUT2D eigenvalue weighted by atomic mass is 10.6. The van der Waals surface area contributed by atoms with Crippen molar-refractivity contribution in [2.24, 2.45) is 0 Å². The first-order valence-corrected chi connectivity index (χ1v) is 2.45. The SMILES string of the molecule is CC(=O)n1cc(O)cn1. The molecule has 0 aliphatic carbocycles. The molecule has 1 aromatic rings. The molecule has 0 aromatic carbocycles. The van der Waals surface area contributed by atoms with E-state index in [-0.39, 0.29) is 11.7 Å². The molecule has 1 aromatic heterocycles. The predicted molar refractivity (Wildman–Crippen MR) is 30.2 cm³/mol. The van der Waals surface area contributed by atoms with E-state index in [0.717, 1.165) is 4.68 Å². The number of nitrogens with zero attached hydrogens (tertiary/aromatic N) is 2. The van der Waals surface area contributed by atoms with Gasteiger partial charge in [0, 0.05) is 6.92 Å². The maximum atomic E-state index is 10.4. The lowest BCUT2D eigenvalue weighted by Crippen LogP contribution is -2.04. The molecule has 0 saturated heterocycles. The summed E-state index contributed by atoms with van der Waals surface area (Å²) in [5, 5.41) is 12.2. The fourth-order valence-electron chi connectivity index (χ4n) is 0.486. The van der Waals surface area contributed by atoms with Gasteiger partial charge in [-0.15, -0.1) is 0 Å². The lowest BCUT2D eigenvalue weighted by molar-refractivity contribution is 0.0921. The average Bonchev–Trinajstić information content (AvgIpc) is 2.14. The van der Waals surface area contributed by atoms with Crippen molar-refractivity contribution in [1.82, 2.24) is 9.78 Å². The van der Waals surface area contributed by atoms with Gasteiger partial charge in [0.05, 0.1) is 12.4 Å². The Kier molecular flexibility index (Phi) is 1.22. The van der Waals surface area contributed by atoms with Gasteiger partial charge in [-0.2, -0.15) is 5.10 Å². The van der Waals surface area contributed by atoms with Crippen molar-refractivity contribution in [3.63, 3.8) is 0 Å². The summed E-state index contributed by atoms with van der Waals surface area (Å²) < 4.78 is 1.06. The minimum Gasteiger partial charge on any atom is -0.505 e. The maximum absolute atomic E-state index is 10.4. The van der Waals surface area contributed by atoms with E-state index in [2.05, 4.69) is 5.10 Å². The van der Waals surface area contributed by atoms with Crippen LogP contribution in [0.1, 0.15) is 11.7 Å². The molecule has 0 bridgehead atoms. The zero-order valence-corrected chi connectivity index (χ0v) is 4.90. The fourth-order valence-corrected chi connectivity index (χ4v) is 0.486. The highest BCUT2D eigenvalue weighted by atomic mass is 16.3. The number of aromatic nitrogens is 2. The molecule has 0 aliphatic rings. The van der Waals surface area contributed by atoms with Crippen molar-refractivity contribution >= 4 is 5.91 Å². The molecule has 0 amide bonds. The average molecular weight is 126 g/mol. The second-order valence-electron chi connectivity index (χ2n) is 1.66. The summed E-state index contributed by atoms with van der Waals surface area (Å²) in [7, 11) is 0. The van der Waals surface area contributed by atoms with Crippen LogP contribution in [0.15, 0.2) is 12.4 Å². The topological polar surface area (TPSA) is 55.1 Å². The fraction of sp³-hybridized carbons (Fsp3) is 0.200. The number of rotatable bonds is 0. The quantitative estimate of drug-likeness (QED) is 0.542. The van der Waals surface area contributed by atoms with E-state index in [1.165, 1.54) is 19.3 Å². The smallest absolute Gasteiger partial charge is 0.243 e. The van der Waals surface area contributed by atoms with Crippen molar-refractivity contribution in [3.05, 3.63) is 12.4 Å². The van der Waals surface area contributed by atoms with Gasteiger partial charge in [-0.1, -0.05) is 0 Å². The molecule has 0 saturated carbocycles. The Balaban J connectivity index is 2.98. The third-order valence-corrected chi connectivity index (χ3v) is 0.892. The van der Waals surface area contributed by atoms with Gasteiger partial charge in [0.15, 0.2) is 5.75 Å². The van der Waals surface area contributed by atoms with Crippen LogP contribution in [0.3, 0.4) is 0 Å². The van der Waals surface area contributed by atoms with Crippen LogP contribution in [0, 0.1) is 0 Å². The van der Waals surface area contributed by atoms with Crippen LogP contribution in [0.25, 0.3) is 0 Å². The molecule has 9 heavy (non-hydrogen) atoms. The van der Waals surface area contributed by atoms with Gasteiger partial charge in [0.1, 0.15) is 0 Å². The van der Waals surface area contributed by atoms with Crippen molar-refractivity contribution in [2.45, 2.75) is 6.92 Å². The van der Waals surface area contributed by atoms with Crippen molar-refractivity contribution in [3.8, 4) is 5.75 Å². The molecule has 0 fully saturated rings. The van der Waals surface area contributed by atoms with E-state index in [0.29, 0.717) is 0 Å². The minimum absolute atomic E-state index is 0.00481. The molecule has 0 atom stereocenters. The summed E-state index contributed by atoms with van der Waals surface area (Å²) >= 11 is 0. The normalized spacial score (nSPS) is 9.44. The summed E-state index contributed by atoms with van der Waals surface area (Å²) in [4.78, 5) is 10.4. The second-order valence-corrected chi connectivity index (χ2v) is 1.66. The van der Waals surface area contributed by atoms with Crippen LogP contribution >= 0.6 is 0 Å². The molecule has 1 heterocycles. The first-order valence-electron chi connectivity index (χ1n) is 2.45. The van der Waals surface area contributed by atoms with Gasteiger partial charge in [0.2, 0.25) is 5.91 Å². The van der Waals surface area contributed by atoms with Gasteiger partial charge in [-0.3, -0.25) is 4.79 Å². The lowest BCUT2D eigenvalue weighted by Gasteiger charge is -1.87. The molecule has 0 spiro atoms. The summed E-state index contributed by atoms with van der Waals surface area (Å²) in [6.07, 6.45) is 2.46. The molecule has 48 valence electrons. The largest absolute Gasteiger partial charge is 0.505 e. The second kappa shape index (κ2) is 1.89. The summed E-state index contributed by atoms with van der Waals surface area (Å²) in [6, 6.07) is 0. The van der Waals surface area contributed by atoms with E-state index in [9.17, 15) is 4.79 Å². The van der Waals surface area contributed by atoms with Crippen LogP contribution < -0.4 is 0 Å². The Morgan fingerprint density at radius 3 is 2.78 bits per heavy atom. The Bertz CT molecular complexity index is 229. The Morgan fingerprint density at radius 1 is 1.89 bits per heavy atom. The standard InChI is InChI=1S/C5H6N2O2/c1-4(8)7-3-5(9)2-6-7/h2-3,9H,1H3. The number of aromatic hydroxyl groups is 1. The first-order chi connectivity index (χ1) is 4.20.